The van der Waals surface area contributed by atoms with Gasteiger partial charge >= 0.3 is 11.8 Å². The Balaban J connectivity index is 2.49. The smallest absolute Gasteiger partial charge is 0.313 e. The first-order chi connectivity index (χ1) is 10.1. The summed E-state index contributed by atoms with van der Waals surface area (Å²) in [5.41, 5.74) is 5.45. The van der Waals surface area contributed by atoms with E-state index in [-0.39, 0.29) is 37.6 Å². The lowest BCUT2D eigenvalue weighted by Crippen LogP contribution is -2.37. The van der Waals surface area contributed by atoms with Crippen molar-refractivity contribution >= 4 is 23.4 Å². The van der Waals surface area contributed by atoms with Gasteiger partial charge in [0, 0.05) is 6.54 Å². The summed E-state index contributed by atoms with van der Waals surface area (Å²) in [6.45, 7) is 0.355. The molecule has 0 aliphatic rings. The van der Waals surface area contributed by atoms with Gasteiger partial charge in [-0.05, 0) is 12.1 Å². The van der Waals surface area contributed by atoms with Gasteiger partial charge in [-0.3, -0.25) is 14.4 Å². The molecule has 0 aliphatic carbocycles. The summed E-state index contributed by atoms with van der Waals surface area (Å²) in [6.07, 6.45) is 0. The van der Waals surface area contributed by atoms with Crippen LogP contribution >= 0.6 is 0 Å². The first-order valence-corrected chi connectivity index (χ1v) is 6.23. The number of hydrogen-bond donors (Lipinski definition) is 4. The van der Waals surface area contributed by atoms with Crippen LogP contribution in [0.3, 0.4) is 0 Å². The van der Waals surface area contributed by atoms with Gasteiger partial charge in [0.2, 0.25) is 0 Å². The summed E-state index contributed by atoms with van der Waals surface area (Å²) in [4.78, 5) is 34.3. The van der Waals surface area contributed by atoms with Crippen molar-refractivity contribution in [2.24, 2.45) is 5.73 Å². The third-order valence-corrected chi connectivity index (χ3v) is 2.41. The molecule has 8 heteroatoms. The minimum atomic E-state index is -0.911. The lowest BCUT2D eigenvalue weighted by Gasteiger charge is -2.09. The molecule has 0 saturated heterocycles. The molecule has 0 radical (unpaired) electrons. The highest BCUT2D eigenvalue weighted by Crippen LogP contribution is 2.13. The van der Waals surface area contributed by atoms with Crippen LogP contribution in [0.2, 0.25) is 0 Å². The maximum absolute atomic E-state index is 11.7. The van der Waals surface area contributed by atoms with Crippen molar-refractivity contribution in [2.75, 3.05) is 31.7 Å². The van der Waals surface area contributed by atoms with E-state index < -0.39 is 17.7 Å². The van der Waals surface area contributed by atoms with E-state index in [4.69, 9.17) is 15.6 Å². The number of carbonyl (C=O) groups is 3. The Morgan fingerprint density at radius 3 is 2.52 bits per heavy atom. The molecular formula is C13H17N3O5. The molecule has 0 spiro atoms. The third-order valence-electron chi connectivity index (χ3n) is 2.41. The van der Waals surface area contributed by atoms with Crippen molar-refractivity contribution in [1.82, 2.24) is 5.32 Å². The van der Waals surface area contributed by atoms with Gasteiger partial charge in [0.15, 0.2) is 0 Å². The largest absolute Gasteiger partial charge is 0.394 e. The number of rotatable bonds is 7. The number of nitrogens with two attached hydrogens (primary N) is 1. The van der Waals surface area contributed by atoms with Crippen molar-refractivity contribution in [1.29, 1.82) is 0 Å². The molecule has 1 rings (SSSR count). The maximum atomic E-state index is 11.7. The minimum absolute atomic E-state index is 0.113. The van der Waals surface area contributed by atoms with Crippen LogP contribution in [0.5, 0.6) is 0 Å². The highest BCUT2D eigenvalue weighted by molar-refractivity contribution is 6.40. The standard InChI is InChI=1S/C13H17N3O5/c14-11(18)9-3-1-2-4-10(9)16-13(20)12(19)15-5-7-21-8-6-17/h1-4,17H,5-8H2,(H2,14,18)(H,15,19)(H,16,20). The number of anilines is 1. The van der Waals surface area contributed by atoms with E-state index in [0.29, 0.717) is 0 Å². The molecule has 0 atom stereocenters. The average molecular weight is 295 g/mol. The predicted octanol–water partition coefficient (Wildman–Crippen LogP) is -1.15. The van der Waals surface area contributed by atoms with E-state index in [9.17, 15) is 14.4 Å². The zero-order chi connectivity index (χ0) is 15.7. The molecular weight excluding hydrogens is 278 g/mol. The molecule has 3 amide bonds. The molecule has 0 unspecified atom stereocenters. The SMILES string of the molecule is NC(=O)c1ccccc1NC(=O)C(=O)NCCOCCO. The van der Waals surface area contributed by atoms with Crippen LogP contribution in [0, 0.1) is 0 Å². The Labute approximate surface area is 121 Å². The number of benzene rings is 1. The van der Waals surface area contributed by atoms with E-state index >= 15 is 0 Å². The monoisotopic (exact) mass is 295 g/mol. The second-order valence-corrected chi connectivity index (χ2v) is 3.96. The molecule has 5 N–H and O–H groups in total. The maximum Gasteiger partial charge on any atom is 0.313 e. The summed E-state index contributed by atoms with van der Waals surface area (Å²) in [6, 6.07) is 6.10. The zero-order valence-corrected chi connectivity index (χ0v) is 11.3. The second kappa shape index (κ2) is 8.67. The summed E-state index contributed by atoms with van der Waals surface area (Å²) >= 11 is 0. The first kappa shape index (κ1) is 16.6. The fourth-order valence-electron chi connectivity index (χ4n) is 1.47. The van der Waals surface area contributed by atoms with Crippen molar-refractivity contribution in [3.63, 3.8) is 0 Å². The van der Waals surface area contributed by atoms with Gasteiger partial charge in [0.25, 0.3) is 5.91 Å². The first-order valence-electron chi connectivity index (χ1n) is 6.23. The molecule has 0 aliphatic heterocycles. The van der Waals surface area contributed by atoms with Crippen molar-refractivity contribution in [3.05, 3.63) is 29.8 Å². The highest BCUT2D eigenvalue weighted by atomic mass is 16.5. The van der Waals surface area contributed by atoms with Crippen LogP contribution in [-0.2, 0) is 14.3 Å². The van der Waals surface area contributed by atoms with Crippen LogP contribution in [0.15, 0.2) is 24.3 Å². The van der Waals surface area contributed by atoms with E-state index in [1.807, 2.05) is 0 Å². The Hall–Kier alpha value is -2.45. The summed E-state index contributed by atoms with van der Waals surface area (Å²) < 4.78 is 4.92. The second-order valence-electron chi connectivity index (χ2n) is 3.96. The molecule has 1 aromatic rings. The van der Waals surface area contributed by atoms with E-state index in [1.54, 1.807) is 12.1 Å². The van der Waals surface area contributed by atoms with Crippen LogP contribution < -0.4 is 16.4 Å². The molecule has 8 nitrogen and oxygen atoms in total. The van der Waals surface area contributed by atoms with Gasteiger partial charge in [-0.25, -0.2) is 0 Å². The Kier molecular flexibility index (Phi) is 6.85. The minimum Gasteiger partial charge on any atom is -0.394 e. The molecule has 0 saturated carbocycles. The molecule has 0 heterocycles. The van der Waals surface area contributed by atoms with Gasteiger partial charge in [-0.15, -0.1) is 0 Å². The number of primary amides is 1. The number of hydrogen-bond acceptors (Lipinski definition) is 5. The molecule has 114 valence electrons. The van der Waals surface area contributed by atoms with Crippen LogP contribution in [0.1, 0.15) is 10.4 Å². The zero-order valence-electron chi connectivity index (χ0n) is 11.3. The van der Waals surface area contributed by atoms with Crippen LogP contribution in [-0.4, -0.2) is 49.2 Å². The van der Waals surface area contributed by atoms with Crippen LogP contribution in [0.25, 0.3) is 0 Å². The van der Waals surface area contributed by atoms with Gasteiger partial charge in [0.05, 0.1) is 31.1 Å². The van der Waals surface area contributed by atoms with Crippen molar-refractivity contribution < 1.29 is 24.2 Å². The van der Waals surface area contributed by atoms with E-state index in [0.717, 1.165) is 0 Å². The Bertz CT molecular complexity index is 518. The quantitative estimate of drug-likeness (QED) is 0.372. The molecule has 0 bridgehead atoms. The lowest BCUT2D eigenvalue weighted by atomic mass is 10.1. The van der Waals surface area contributed by atoms with E-state index in [1.165, 1.54) is 12.1 Å². The van der Waals surface area contributed by atoms with Gasteiger partial charge in [-0.2, -0.15) is 0 Å². The van der Waals surface area contributed by atoms with E-state index in [2.05, 4.69) is 10.6 Å². The number of ether oxygens (including phenoxy) is 1. The molecule has 1 aromatic carbocycles. The van der Waals surface area contributed by atoms with Gasteiger partial charge in [0.1, 0.15) is 0 Å². The summed E-state index contributed by atoms with van der Waals surface area (Å²) in [5.74, 6) is -2.48. The van der Waals surface area contributed by atoms with Gasteiger partial charge in [-0.1, -0.05) is 12.1 Å². The van der Waals surface area contributed by atoms with Crippen LogP contribution in [0.4, 0.5) is 5.69 Å². The van der Waals surface area contributed by atoms with Crippen molar-refractivity contribution in [2.45, 2.75) is 0 Å². The predicted molar refractivity (Wildman–Crippen MR) is 74.5 cm³/mol. The number of para-hydroxylation sites is 1. The average Bonchev–Trinajstić information content (AvgIpc) is 2.47. The fourth-order valence-corrected chi connectivity index (χ4v) is 1.47. The Morgan fingerprint density at radius 2 is 1.86 bits per heavy atom. The highest BCUT2D eigenvalue weighted by Gasteiger charge is 2.16. The third kappa shape index (κ3) is 5.59. The Morgan fingerprint density at radius 1 is 1.14 bits per heavy atom. The fraction of sp³-hybridized carbons (Fsp3) is 0.308. The number of carbonyl (C=O) groups excluding carboxylic acids is 3. The summed E-state index contributed by atoms with van der Waals surface area (Å²) in [5, 5.41) is 13.1. The molecule has 0 fully saturated rings. The molecule has 0 aromatic heterocycles. The number of amides is 3. The van der Waals surface area contributed by atoms with Gasteiger partial charge < -0.3 is 26.2 Å². The van der Waals surface area contributed by atoms with Crippen molar-refractivity contribution in [3.8, 4) is 0 Å². The lowest BCUT2D eigenvalue weighted by molar-refractivity contribution is -0.136. The number of nitrogens with one attached hydrogen (secondary N) is 2. The number of aliphatic hydroxyl groups is 1. The summed E-state index contributed by atoms with van der Waals surface area (Å²) in [7, 11) is 0. The molecule has 21 heavy (non-hydrogen) atoms. The number of aliphatic hydroxyl groups excluding tert-OH is 1. The normalized spacial score (nSPS) is 9.95. The topological polar surface area (TPSA) is 131 Å².